The van der Waals surface area contributed by atoms with E-state index in [0.29, 0.717) is 28.0 Å². The molecule has 1 saturated heterocycles. The first-order valence-electron chi connectivity index (χ1n) is 9.80. The van der Waals surface area contributed by atoms with E-state index in [0.717, 1.165) is 25.9 Å². The summed E-state index contributed by atoms with van der Waals surface area (Å²) < 4.78 is 1.57. The Morgan fingerprint density at radius 2 is 1.96 bits per heavy atom. The predicted octanol–water partition coefficient (Wildman–Crippen LogP) is 2.42. The molecule has 0 aromatic carbocycles. The molecule has 0 unspecified atom stereocenters. The highest BCUT2D eigenvalue weighted by molar-refractivity contribution is 6.30. The lowest BCUT2D eigenvalue weighted by Crippen LogP contribution is -2.49. The molecule has 1 aliphatic heterocycles. The molecule has 3 heterocycles. The normalized spacial score (nSPS) is 24.1. The smallest absolute Gasteiger partial charge is 0.264 e. The zero-order valence-electron chi connectivity index (χ0n) is 16.4. The van der Waals surface area contributed by atoms with Crippen molar-refractivity contribution in [1.82, 2.24) is 14.5 Å². The van der Waals surface area contributed by atoms with Gasteiger partial charge in [-0.25, -0.2) is 0 Å². The maximum Gasteiger partial charge on any atom is 0.264 e. The molecular weight excluding hydrogens is 376 g/mol. The Morgan fingerprint density at radius 3 is 2.57 bits per heavy atom. The minimum Gasteiger partial charge on any atom is -0.383 e. The van der Waals surface area contributed by atoms with E-state index in [2.05, 4.69) is 21.8 Å². The first-order chi connectivity index (χ1) is 13.3. The van der Waals surface area contributed by atoms with Crippen molar-refractivity contribution in [1.29, 1.82) is 0 Å². The maximum absolute atomic E-state index is 13.0. The van der Waals surface area contributed by atoms with Crippen LogP contribution < -0.4 is 21.9 Å². The third-order valence-corrected chi connectivity index (χ3v) is 6.96. The minimum absolute atomic E-state index is 0.196. The molecule has 0 amide bonds. The van der Waals surface area contributed by atoms with Crippen LogP contribution in [0.3, 0.4) is 0 Å². The molecule has 2 aromatic rings. The van der Waals surface area contributed by atoms with E-state index in [4.69, 9.17) is 23.1 Å². The van der Waals surface area contributed by atoms with Crippen LogP contribution >= 0.6 is 11.6 Å². The molecule has 28 heavy (non-hydrogen) atoms. The van der Waals surface area contributed by atoms with Gasteiger partial charge in [-0.1, -0.05) is 18.5 Å². The second kappa shape index (κ2) is 7.04. The first-order valence-corrected chi connectivity index (χ1v) is 10.2. The van der Waals surface area contributed by atoms with Crippen LogP contribution in [-0.2, 0) is 7.05 Å². The minimum atomic E-state index is -0.196. The summed E-state index contributed by atoms with van der Waals surface area (Å²) in [6.45, 7) is 3.91. The van der Waals surface area contributed by atoms with Crippen molar-refractivity contribution >= 4 is 23.4 Å². The highest BCUT2D eigenvalue weighted by Crippen LogP contribution is 2.48. The monoisotopic (exact) mass is 402 g/mol. The van der Waals surface area contributed by atoms with Gasteiger partial charge in [0.1, 0.15) is 5.82 Å². The second-order valence-corrected chi connectivity index (χ2v) is 8.76. The van der Waals surface area contributed by atoms with Crippen molar-refractivity contribution in [3.63, 3.8) is 0 Å². The standard InChI is InChI=1S/C20H27ClN6O/c1-12-3-4-20(16(12)22)5-7-27(8-6-20)19-25-17(23)15(18(28)26(19)2)13-9-14(21)11-24-10-13/h9-12,16H,3-8,22-23H2,1-2H3/t12-,16-/m1/s1. The fourth-order valence-electron chi connectivity index (χ4n) is 4.91. The van der Waals surface area contributed by atoms with E-state index in [1.54, 1.807) is 23.9 Å². The number of nitrogen functional groups attached to an aromatic ring is 1. The third-order valence-electron chi connectivity index (χ3n) is 6.75. The summed E-state index contributed by atoms with van der Waals surface area (Å²) in [7, 11) is 1.74. The van der Waals surface area contributed by atoms with Gasteiger partial charge in [0, 0.05) is 44.1 Å². The number of hydrogen-bond donors (Lipinski definition) is 2. The number of halogens is 1. The Bertz CT molecular complexity index is 950. The number of hydrogen-bond acceptors (Lipinski definition) is 6. The SMILES string of the molecule is C[C@@H]1CCC2(CCN(c3nc(N)c(-c4cncc(Cl)c4)c(=O)n3C)CC2)[C@@H]1N. The van der Waals surface area contributed by atoms with E-state index in [9.17, 15) is 4.79 Å². The van der Waals surface area contributed by atoms with Gasteiger partial charge < -0.3 is 16.4 Å². The Morgan fingerprint density at radius 1 is 1.25 bits per heavy atom. The lowest BCUT2D eigenvalue weighted by atomic mass is 9.73. The van der Waals surface area contributed by atoms with Crippen molar-refractivity contribution in [3.05, 3.63) is 33.8 Å². The number of aromatic nitrogens is 3. The average molecular weight is 403 g/mol. The first kappa shape index (κ1) is 19.2. The largest absolute Gasteiger partial charge is 0.383 e. The van der Waals surface area contributed by atoms with Gasteiger partial charge in [-0.05, 0) is 43.1 Å². The molecule has 7 nitrogen and oxygen atoms in total. The van der Waals surface area contributed by atoms with E-state index < -0.39 is 0 Å². The zero-order chi connectivity index (χ0) is 20.1. The Kier molecular flexibility index (Phi) is 4.83. The molecule has 150 valence electrons. The second-order valence-electron chi connectivity index (χ2n) is 8.32. The van der Waals surface area contributed by atoms with Crippen molar-refractivity contribution in [3.8, 4) is 11.1 Å². The number of pyridine rings is 1. The summed E-state index contributed by atoms with van der Waals surface area (Å²) in [5.41, 5.74) is 13.7. The third kappa shape index (κ3) is 3.06. The van der Waals surface area contributed by atoms with E-state index >= 15 is 0 Å². The van der Waals surface area contributed by atoms with Crippen LogP contribution in [0, 0.1) is 11.3 Å². The number of nitrogens with zero attached hydrogens (tertiary/aromatic N) is 4. The molecule has 2 fully saturated rings. The van der Waals surface area contributed by atoms with Crippen molar-refractivity contribution in [2.45, 2.75) is 38.6 Å². The van der Waals surface area contributed by atoms with Gasteiger partial charge in [0.25, 0.3) is 5.56 Å². The lowest BCUT2D eigenvalue weighted by Gasteiger charge is -2.43. The van der Waals surface area contributed by atoms with Crippen molar-refractivity contribution in [2.24, 2.45) is 24.1 Å². The van der Waals surface area contributed by atoms with Gasteiger partial charge in [0.05, 0.1) is 10.6 Å². The molecule has 4 rings (SSSR count). The maximum atomic E-state index is 13.0. The molecular formula is C20H27ClN6O. The van der Waals surface area contributed by atoms with Gasteiger partial charge in [-0.2, -0.15) is 4.98 Å². The number of rotatable bonds is 2. The Balaban J connectivity index is 1.63. The number of nitrogens with two attached hydrogens (primary N) is 2. The molecule has 1 aliphatic carbocycles. The molecule has 0 bridgehead atoms. The topological polar surface area (TPSA) is 103 Å². The van der Waals surface area contributed by atoms with E-state index in [-0.39, 0.29) is 22.8 Å². The molecule has 2 atom stereocenters. The van der Waals surface area contributed by atoms with Gasteiger partial charge in [0.15, 0.2) is 0 Å². The predicted molar refractivity (Wildman–Crippen MR) is 112 cm³/mol. The molecule has 2 aliphatic rings. The molecule has 0 radical (unpaired) electrons. The van der Waals surface area contributed by atoms with Crippen LogP contribution in [0.2, 0.25) is 5.02 Å². The van der Waals surface area contributed by atoms with E-state index in [1.807, 2.05) is 0 Å². The van der Waals surface area contributed by atoms with Gasteiger partial charge in [-0.3, -0.25) is 14.3 Å². The van der Waals surface area contributed by atoms with Gasteiger partial charge in [0.2, 0.25) is 5.95 Å². The van der Waals surface area contributed by atoms with Crippen molar-refractivity contribution < 1.29 is 0 Å². The fourth-order valence-corrected chi connectivity index (χ4v) is 5.08. The summed E-state index contributed by atoms with van der Waals surface area (Å²) in [4.78, 5) is 23.8. The quantitative estimate of drug-likeness (QED) is 0.799. The van der Waals surface area contributed by atoms with Crippen LogP contribution in [0.25, 0.3) is 11.1 Å². The van der Waals surface area contributed by atoms with Gasteiger partial charge in [-0.15, -0.1) is 0 Å². The lowest BCUT2D eigenvalue weighted by molar-refractivity contribution is 0.185. The van der Waals surface area contributed by atoms with Gasteiger partial charge >= 0.3 is 0 Å². The van der Waals surface area contributed by atoms with Crippen LogP contribution in [0.5, 0.6) is 0 Å². The number of anilines is 2. The summed E-state index contributed by atoms with van der Waals surface area (Å²) >= 11 is 6.02. The Labute approximate surface area is 169 Å². The zero-order valence-corrected chi connectivity index (χ0v) is 17.1. The number of piperidine rings is 1. The average Bonchev–Trinajstić information content (AvgIpc) is 2.94. The highest BCUT2D eigenvalue weighted by Gasteiger charge is 2.46. The molecule has 1 spiro atoms. The van der Waals surface area contributed by atoms with Crippen LogP contribution in [0.1, 0.15) is 32.6 Å². The molecule has 1 saturated carbocycles. The Hall–Kier alpha value is -2.12. The van der Waals surface area contributed by atoms with Crippen molar-refractivity contribution in [2.75, 3.05) is 23.7 Å². The molecule has 4 N–H and O–H groups in total. The van der Waals surface area contributed by atoms with Crippen LogP contribution in [0.15, 0.2) is 23.3 Å². The fraction of sp³-hybridized carbons (Fsp3) is 0.550. The highest BCUT2D eigenvalue weighted by atomic mass is 35.5. The molecule has 8 heteroatoms. The summed E-state index contributed by atoms with van der Waals surface area (Å²) in [6, 6.07) is 1.94. The summed E-state index contributed by atoms with van der Waals surface area (Å²) in [5, 5.41) is 0.450. The van der Waals surface area contributed by atoms with Crippen LogP contribution in [0.4, 0.5) is 11.8 Å². The molecule has 2 aromatic heterocycles. The van der Waals surface area contributed by atoms with E-state index in [1.165, 1.54) is 19.0 Å². The summed E-state index contributed by atoms with van der Waals surface area (Å²) in [5.74, 6) is 1.39. The summed E-state index contributed by atoms with van der Waals surface area (Å²) in [6.07, 6.45) is 7.54. The van der Waals surface area contributed by atoms with Crippen LogP contribution in [-0.4, -0.2) is 33.7 Å².